The zero-order valence-electron chi connectivity index (χ0n) is 7.94. The Bertz CT molecular complexity index is 345. The smallest absolute Gasteiger partial charge is 0.0816 e. The lowest BCUT2D eigenvalue weighted by molar-refractivity contribution is 0.157. The van der Waals surface area contributed by atoms with Crippen molar-refractivity contribution < 1.29 is 5.11 Å². The molecule has 1 aromatic rings. The molecule has 1 N–H and O–H groups in total. The number of hydrogen-bond acceptors (Lipinski definition) is 2. The Morgan fingerprint density at radius 3 is 2.71 bits per heavy atom. The Hall–Kier alpha value is -1.04. The topological polar surface area (TPSA) is 44.0 Å². The molecule has 0 amide bonds. The Kier molecular flexibility index (Phi) is 3.94. The molecule has 0 bridgehead atoms. The van der Waals surface area contributed by atoms with Gasteiger partial charge in [-0.05, 0) is 25.0 Å². The molecular formula is C11H12ClNO. The maximum Gasteiger partial charge on any atom is 0.0816 e. The molecule has 0 aliphatic rings. The molecule has 2 nitrogen and oxygen atoms in total. The molecule has 0 aromatic heterocycles. The van der Waals surface area contributed by atoms with Crippen LogP contribution in [0.1, 0.15) is 25.0 Å². The van der Waals surface area contributed by atoms with Gasteiger partial charge in [-0.15, -0.1) is 0 Å². The van der Waals surface area contributed by atoms with Crippen LogP contribution < -0.4 is 0 Å². The minimum atomic E-state index is -0.654. The van der Waals surface area contributed by atoms with Gasteiger partial charge in [-0.2, -0.15) is 5.26 Å². The molecule has 0 saturated carbocycles. The molecule has 1 rings (SSSR count). The van der Waals surface area contributed by atoms with Crippen LogP contribution in [0.2, 0.25) is 5.02 Å². The van der Waals surface area contributed by atoms with Crippen LogP contribution >= 0.6 is 11.6 Å². The van der Waals surface area contributed by atoms with Crippen LogP contribution in [0.4, 0.5) is 0 Å². The van der Waals surface area contributed by atoms with E-state index in [0.29, 0.717) is 17.0 Å². The first-order chi connectivity index (χ1) is 6.65. The van der Waals surface area contributed by atoms with Gasteiger partial charge in [0.25, 0.3) is 0 Å². The second-order valence-electron chi connectivity index (χ2n) is 3.30. The zero-order valence-corrected chi connectivity index (χ0v) is 8.70. The van der Waals surface area contributed by atoms with Crippen molar-refractivity contribution in [1.29, 1.82) is 5.26 Å². The maximum atomic E-state index is 9.77. The van der Waals surface area contributed by atoms with Gasteiger partial charge in [0.15, 0.2) is 0 Å². The summed E-state index contributed by atoms with van der Waals surface area (Å²) in [6, 6.07) is 9.22. The van der Waals surface area contributed by atoms with E-state index < -0.39 is 6.10 Å². The molecule has 1 aromatic carbocycles. The van der Waals surface area contributed by atoms with Crippen LogP contribution in [0.15, 0.2) is 24.3 Å². The molecule has 0 radical (unpaired) electrons. The van der Waals surface area contributed by atoms with Gasteiger partial charge in [-0.1, -0.05) is 29.8 Å². The highest BCUT2D eigenvalue weighted by molar-refractivity contribution is 6.31. The second kappa shape index (κ2) is 4.99. The van der Waals surface area contributed by atoms with Gasteiger partial charge < -0.3 is 5.11 Å². The largest absolute Gasteiger partial charge is 0.388 e. The summed E-state index contributed by atoms with van der Waals surface area (Å²) in [5.41, 5.74) is 0.691. The highest BCUT2D eigenvalue weighted by Crippen LogP contribution is 2.26. The van der Waals surface area contributed by atoms with E-state index in [0.717, 1.165) is 0 Å². The molecule has 0 aliphatic carbocycles. The quantitative estimate of drug-likeness (QED) is 0.832. The van der Waals surface area contributed by atoms with Crippen molar-refractivity contribution in [2.75, 3.05) is 0 Å². The molecule has 2 atom stereocenters. The molecule has 74 valence electrons. The molecule has 0 aliphatic heterocycles. The van der Waals surface area contributed by atoms with Crippen LogP contribution in [0.25, 0.3) is 0 Å². The predicted octanol–water partition coefficient (Wildman–Crippen LogP) is 2.92. The highest BCUT2D eigenvalue weighted by Gasteiger charge is 2.14. The van der Waals surface area contributed by atoms with E-state index in [9.17, 15) is 5.11 Å². The van der Waals surface area contributed by atoms with E-state index in [2.05, 4.69) is 6.07 Å². The first-order valence-electron chi connectivity index (χ1n) is 4.47. The van der Waals surface area contributed by atoms with Crippen molar-refractivity contribution in [1.82, 2.24) is 0 Å². The van der Waals surface area contributed by atoms with Crippen molar-refractivity contribution in [2.45, 2.75) is 19.4 Å². The predicted molar refractivity (Wildman–Crippen MR) is 55.8 cm³/mol. The second-order valence-corrected chi connectivity index (χ2v) is 3.71. The van der Waals surface area contributed by atoms with Gasteiger partial charge in [-0.25, -0.2) is 0 Å². The molecule has 0 fully saturated rings. The van der Waals surface area contributed by atoms with E-state index >= 15 is 0 Å². The molecule has 0 spiro atoms. The van der Waals surface area contributed by atoms with Crippen LogP contribution in [0.5, 0.6) is 0 Å². The lowest BCUT2D eigenvalue weighted by Crippen LogP contribution is -2.03. The zero-order chi connectivity index (χ0) is 10.6. The van der Waals surface area contributed by atoms with E-state index in [1.54, 1.807) is 19.1 Å². The number of rotatable bonds is 3. The van der Waals surface area contributed by atoms with Crippen molar-refractivity contribution >= 4 is 11.6 Å². The van der Waals surface area contributed by atoms with Gasteiger partial charge in [0.1, 0.15) is 0 Å². The van der Waals surface area contributed by atoms with Crippen molar-refractivity contribution in [3.63, 3.8) is 0 Å². The summed E-state index contributed by atoms with van der Waals surface area (Å²) in [7, 11) is 0. The number of nitriles is 1. The maximum absolute atomic E-state index is 9.77. The van der Waals surface area contributed by atoms with Crippen molar-refractivity contribution in [2.24, 2.45) is 5.92 Å². The monoisotopic (exact) mass is 209 g/mol. The summed E-state index contributed by atoms with van der Waals surface area (Å²) in [6.45, 7) is 1.78. The number of aliphatic hydroxyl groups is 1. The summed E-state index contributed by atoms with van der Waals surface area (Å²) in [5.74, 6) is -0.165. The fourth-order valence-electron chi connectivity index (χ4n) is 1.26. The first kappa shape index (κ1) is 11.0. The van der Waals surface area contributed by atoms with Crippen LogP contribution in [0, 0.1) is 17.2 Å². The van der Waals surface area contributed by atoms with Crippen LogP contribution in [0.3, 0.4) is 0 Å². The Labute approximate surface area is 88.7 Å². The molecule has 0 heterocycles. The summed E-state index contributed by atoms with van der Waals surface area (Å²) in [5, 5.41) is 18.9. The van der Waals surface area contributed by atoms with Gasteiger partial charge in [0.2, 0.25) is 0 Å². The third kappa shape index (κ3) is 2.73. The summed E-state index contributed by atoms with van der Waals surface area (Å²) < 4.78 is 0. The van der Waals surface area contributed by atoms with Crippen LogP contribution in [-0.4, -0.2) is 5.11 Å². The Morgan fingerprint density at radius 2 is 2.14 bits per heavy atom. The van der Waals surface area contributed by atoms with Gasteiger partial charge in [0.05, 0.1) is 12.2 Å². The number of aliphatic hydroxyl groups excluding tert-OH is 1. The summed E-state index contributed by atoms with van der Waals surface area (Å²) in [6.07, 6.45) is -0.237. The number of nitrogens with zero attached hydrogens (tertiary/aromatic N) is 1. The number of benzene rings is 1. The van der Waals surface area contributed by atoms with Crippen LogP contribution in [-0.2, 0) is 0 Å². The Morgan fingerprint density at radius 1 is 1.50 bits per heavy atom. The number of halogens is 1. The lowest BCUT2D eigenvalue weighted by Gasteiger charge is -2.13. The third-order valence-electron chi connectivity index (χ3n) is 2.06. The van der Waals surface area contributed by atoms with E-state index in [4.69, 9.17) is 16.9 Å². The third-order valence-corrected chi connectivity index (χ3v) is 2.41. The highest BCUT2D eigenvalue weighted by atomic mass is 35.5. The van der Waals surface area contributed by atoms with Crippen molar-refractivity contribution in [3.8, 4) is 6.07 Å². The van der Waals surface area contributed by atoms with Gasteiger partial charge in [0, 0.05) is 10.9 Å². The molecule has 3 heteroatoms. The van der Waals surface area contributed by atoms with Gasteiger partial charge in [-0.3, -0.25) is 0 Å². The minimum Gasteiger partial charge on any atom is -0.388 e. The van der Waals surface area contributed by atoms with E-state index in [1.165, 1.54) is 0 Å². The van der Waals surface area contributed by atoms with E-state index in [-0.39, 0.29) is 5.92 Å². The SMILES string of the molecule is CC(C#N)CC(O)c1ccccc1Cl. The van der Waals surface area contributed by atoms with E-state index in [1.807, 2.05) is 12.1 Å². The standard InChI is InChI=1S/C11H12ClNO/c1-8(7-13)6-11(14)9-4-2-3-5-10(9)12/h2-5,8,11,14H,6H2,1H3. The molecule has 14 heavy (non-hydrogen) atoms. The first-order valence-corrected chi connectivity index (χ1v) is 4.85. The van der Waals surface area contributed by atoms with Crippen molar-refractivity contribution in [3.05, 3.63) is 34.9 Å². The fourth-order valence-corrected chi connectivity index (χ4v) is 1.52. The molecule has 0 saturated heterocycles. The average molecular weight is 210 g/mol. The molecular weight excluding hydrogens is 198 g/mol. The van der Waals surface area contributed by atoms with Gasteiger partial charge >= 0.3 is 0 Å². The fraction of sp³-hybridized carbons (Fsp3) is 0.364. The summed E-state index contributed by atoms with van der Waals surface area (Å²) in [4.78, 5) is 0. The Balaban J connectivity index is 2.75. The normalized spacial score (nSPS) is 14.4. The summed E-state index contributed by atoms with van der Waals surface area (Å²) >= 11 is 5.90. The lowest BCUT2D eigenvalue weighted by atomic mass is 9.99. The minimum absolute atomic E-state index is 0.165. The molecule has 2 unspecified atom stereocenters. The number of hydrogen-bond donors (Lipinski definition) is 1. The average Bonchev–Trinajstić information content (AvgIpc) is 2.18.